The van der Waals surface area contributed by atoms with Crippen LogP contribution in [-0.2, 0) is 13.1 Å². The Labute approximate surface area is 154 Å². The van der Waals surface area contributed by atoms with Crippen molar-refractivity contribution >= 4 is 17.4 Å². The fraction of sp³-hybridized carbons (Fsp3) is 0.450. The SMILES string of the molecule is C[C@@H](NC(=O)N(C)Cc1ccccc1CN1CCCC1)c1ccsc1. The van der Waals surface area contributed by atoms with Crippen molar-refractivity contribution in [3.05, 3.63) is 57.8 Å². The molecule has 5 heteroatoms. The van der Waals surface area contributed by atoms with E-state index in [1.54, 1.807) is 16.2 Å². The first-order chi connectivity index (χ1) is 12.1. The van der Waals surface area contributed by atoms with Crippen LogP contribution in [0.15, 0.2) is 41.1 Å². The highest BCUT2D eigenvalue weighted by Gasteiger charge is 2.17. The summed E-state index contributed by atoms with van der Waals surface area (Å²) in [5.74, 6) is 0. The average Bonchev–Trinajstić information content (AvgIpc) is 3.30. The molecule has 1 saturated heterocycles. The van der Waals surface area contributed by atoms with Crippen LogP contribution in [0.4, 0.5) is 4.79 Å². The van der Waals surface area contributed by atoms with E-state index < -0.39 is 0 Å². The first-order valence-electron chi connectivity index (χ1n) is 8.96. The lowest BCUT2D eigenvalue weighted by Gasteiger charge is -2.23. The standard InChI is InChI=1S/C20H27N3OS/c1-16(19-9-12-25-15-19)21-20(24)22(2)13-17-7-3-4-8-18(17)14-23-10-5-6-11-23/h3-4,7-9,12,15-16H,5-6,10-11,13-14H2,1-2H3,(H,21,24)/t16-/m1/s1. The lowest BCUT2D eigenvalue weighted by atomic mass is 10.1. The van der Waals surface area contributed by atoms with Crippen LogP contribution in [0.25, 0.3) is 0 Å². The fourth-order valence-electron chi connectivity index (χ4n) is 3.28. The number of nitrogens with one attached hydrogen (secondary N) is 1. The number of urea groups is 1. The molecule has 0 bridgehead atoms. The van der Waals surface area contributed by atoms with E-state index in [2.05, 4.69) is 45.9 Å². The van der Waals surface area contributed by atoms with Gasteiger partial charge in [-0.1, -0.05) is 24.3 Å². The topological polar surface area (TPSA) is 35.6 Å². The number of rotatable bonds is 6. The lowest BCUT2D eigenvalue weighted by molar-refractivity contribution is 0.203. The molecular formula is C20H27N3OS. The molecule has 1 N–H and O–H groups in total. The van der Waals surface area contributed by atoms with Crippen LogP contribution >= 0.6 is 11.3 Å². The minimum Gasteiger partial charge on any atom is -0.331 e. The summed E-state index contributed by atoms with van der Waals surface area (Å²) in [6.07, 6.45) is 2.59. The zero-order valence-electron chi connectivity index (χ0n) is 15.1. The molecule has 1 aliphatic heterocycles. The van der Waals surface area contributed by atoms with Crippen LogP contribution in [0.1, 0.15) is 42.5 Å². The van der Waals surface area contributed by atoms with Gasteiger partial charge in [-0.25, -0.2) is 4.79 Å². The molecule has 1 aromatic carbocycles. The molecule has 0 spiro atoms. The van der Waals surface area contributed by atoms with E-state index in [9.17, 15) is 4.79 Å². The highest BCUT2D eigenvalue weighted by molar-refractivity contribution is 7.07. The molecule has 134 valence electrons. The average molecular weight is 358 g/mol. The largest absolute Gasteiger partial charge is 0.331 e. The monoisotopic (exact) mass is 357 g/mol. The summed E-state index contributed by atoms with van der Waals surface area (Å²) in [7, 11) is 1.86. The van der Waals surface area contributed by atoms with Crippen molar-refractivity contribution in [2.75, 3.05) is 20.1 Å². The molecule has 0 radical (unpaired) electrons. The third kappa shape index (κ3) is 4.83. The number of amides is 2. The number of benzene rings is 1. The molecular weight excluding hydrogens is 330 g/mol. The molecule has 0 saturated carbocycles. The van der Waals surface area contributed by atoms with E-state index in [0.717, 1.165) is 12.1 Å². The van der Waals surface area contributed by atoms with Crippen molar-refractivity contribution < 1.29 is 4.79 Å². The van der Waals surface area contributed by atoms with Crippen LogP contribution in [-0.4, -0.2) is 36.0 Å². The van der Waals surface area contributed by atoms with Gasteiger partial charge in [-0.3, -0.25) is 4.90 Å². The van der Waals surface area contributed by atoms with Gasteiger partial charge in [0.2, 0.25) is 0 Å². The molecule has 0 unspecified atom stereocenters. The Hall–Kier alpha value is -1.85. The molecule has 2 amide bonds. The van der Waals surface area contributed by atoms with E-state index in [1.807, 2.05) is 19.4 Å². The van der Waals surface area contributed by atoms with Gasteiger partial charge in [-0.15, -0.1) is 0 Å². The van der Waals surface area contributed by atoms with Gasteiger partial charge in [0.1, 0.15) is 0 Å². The van der Waals surface area contributed by atoms with E-state index in [1.165, 1.54) is 37.1 Å². The van der Waals surface area contributed by atoms with E-state index in [4.69, 9.17) is 0 Å². The Balaban J connectivity index is 1.60. The smallest absolute Gasteiger partial charge is 0.317 e. The van der Waals surface area contributed by atoms with Crippen LogP contribution in [0.3, 0.4) is 0 Å². The van der Waals surface area contributed by atoms with Crippen LogP contribution in [0, 0.1) is 0 Å². The molecule has 1 aliphatic rings. The highest BCUT2D eigenvalue weighted by Crippen LogP contribution is 2.18. The molecule has 0 aliphatic carbocycles. The van der Waals surface area contributed by atoms with Crippen molar-refractivity contribution in [1.82, 2.24) is 15.1 Å². The van der Waals surface area contributed by atoms with Gasteiger partial charge in [-0.2, -0.15) is 11.3 Å². The summed E-state index contributed by atoms with van der Waals surface area (Å²) < 4.78 is 0. The fourth-order valence-corrected chi connectivity index (χ4v) is 4.03. The van der Waals surface area contributed by atoms with Gasteiger partial charge in [0.05, 0.1) is 6.04 Å². The summed E-state index contributed by atoms with van der Waals surface area (Å²) in [6.45, 7) is 6.00. The van der Waals surface area contributed by atoms with Gasteiger partial charge in [-0.05, 0) is 66.4 Å². The lowest BCUT2D eigenvalue weighted by Crippen LogP contribution is -2.38. The zero-order chi connectivity index (χ0) is 17.6. The maximum absolute atomic E-state index is 12.5. The highest BCUT2D eigenvalue weighted by atomic mass is 32.1. The molecule has 3 rings (SSSR count). The molecule has 1 aromatic heterocycles. The minimum atomic E-state index is -0.0327. The Morgan fingerprint density at radius 2 is 1.96 bits per heavy atom. The number of hydrogen-bond donors (Lipinski definition) is 1. The summed E-state index contributed by atoms with van der Waals surface area (Å²) in [5.41, 5.74) is 3.71. The maximum Gasteiger partial charge on any atom is 0.317 e. The Morgan fingerprint density at radius 3 is 2.64 bits per heavy atom. The molecule has 4 nitrogen and oxygen atoms in total. The van der Waals surface area contributed by atoms with Gasteiger partial charge < -0.3 is 10.2 Å². The van der Waals surface area contributed by atoms with Gasteiger partial charge in [0.25, 0.3) is 0 Å². The van der Waals surface area contributed by atoms with Crippen molar-refractivity contribution in [2.45, 2.75) is 38.9 Å². The Kier molecular flexibility index (Phi) is 6.10. The van der Waals surface area contributed by atoms with Gasteiger partial charge >= 0.3 is 6.03 Å². The van der Waals surface area contributed by atoms with Gasteiger partial charge in [0, 0.05) is 20.1 Å². The summed E-state index contributed by atoms with van der Waals surface area (Å²) in [6, 6.07) is 10.5. The van der Waals surface area contributed by atoms with Gasteiger partial charge in [0.15, 0.2) is 0 Å². The predicted octanol–water partition coefficient (Wildman–Crippen LogP) is 4.25. The second-order valence-electron chi connectivity index (χ2n) is 6.84. The Morgan fingerprint density at radius 1 is 1.24 bits per heavy atom. The van der Waals surface area contributed by atoms with Crippen LogP contribution < -0.4 is 5.32 Å². The van der Waals surface area contributed by atoms with Crippen molar-refractivity contribution in [3.63, 3.8) is 0 Å². The number of carbonyl (C=O) groups is 1. The van der Waals surface area contributed by atoms with Crippen LogP contribution in [0.2, 0.25) is 0 Å². The number of hydrogen-bond acceptors (Lipinski definition) is 3. The van der Waals surface area contributed by atoms with E-state index >= 15 is 0 Å². The number of nitrogens with zero attached hydrogens (tertiary/aromatic N) is 2. The van der Waals surface area contributed by atoms with E-state index in [0.29, 0.717) is 6.54 Å². The summed E-state index contributed by atoms with van der Waals surface area (Å²) in [4.78, 5) is 16.8. The first kappa shape index (κ1) is 18.0. The number of thiophene rings is 1. The first-order valence-corrected chi connectivity index (χ1v) is 9.90. The molecule has 1 fully saturated rings. The number of carbonyl (C=O) groups excluding carboxylic acids is 1. The molecule has 2 heterocycles. The molecule has 2 aromatic rings. The van der Waals surface area contributed by atoms with Crippen molar-refractivity contribution in [1.29, 1.82) is 0 Å². The van der Waals surface area contributed by atoms with E-state index in [-0.39, 0.29) is 12.1 Å². The third-order valence-corrected chi connectivity index (χ3v) is 5.55. The minimum absolute atomic E-state index is 0.0287. The summed E-state index contributed by atoms with van der Waals surface area (Å²) >= 11 is 1.65. The summed E-state index contributed by atoms with van der Waals surface area (Å²) in [5, 5.41) is 7.20. The van der Waals surface area contributed by atoms with Crippen molar-refractivity contribution in [3.8, 4) is 0 Å². The maximum atomic E-state index is 12.5. The predicted molar refractivity (Wildman–Crippen MR) is 104 cm³/mol. The zero-order valence-corrected chi connectivity index (χ0v) is 15.9. The Bertz CT molecular complexity index is 680. The number of likely N-dealkylation sites (tertiary alicyclic amines) is 1. The third-order valence-electron chi connectivity index (χ3n) is 4.85. The molecule has 1 atom stereocenters. The van der Waals surface area contributed by atoms with Crippen LogP contribution in [0.5, 0.6) is 0 Å². The second kappa shape index (κ2) is 8.50. The second-order valence-corrected chi connectivity index (χ2v) is 7.62. The quantitative estimate of drug-likeness (QED) is 0.839. The molecule has 25 heavy (non-hydrogen) atoms. The van der Waals surface area contributed by atoms with Crippen molar-refractivity contribution in [2.24, 2.45) is 0 Å². The normalized spacial score (nSPS) is 15.9.